The molecule has 3 amide bonds. The van der Waals surface area contributed by atoms with Crippen molar-refractivity contribution in [1.29, 1.82) is 0 Å². The highest BCUT2D eigenvalue weighted by atomic mass is 16.2. The van der Waals surface area contributed by atoms with Crippen LogP contribution in [0.2, 0.25) is 0 Å². The minimum atomic E-state index is -0.557. The molecule has 2 aliphatic rings. The molecule has 1 saturated heterocycles. The molecule has 2 aliphatic heterocycles. The zero-order valence-corrected chi connectivity index (χ0v) is 19.2. The number of hydrogen-bond donors (Lipinski definition) is 1. The SMILES string of the molecule is Cc1cccc(C2c3[nH]c4ccccc4c3CC3C(=O)N(c4cccc5ccccc45)C(=O)N32)c1. The first-order valence-corrected chi connectivity index (χ1v) is 11.9. The summed E-state index contributed by atoms with van der Waals surface area (Å²) in [7, 11) is 0. The van der Waals surface area contributed by atoms with Crippen LogP contribution in [-0.2, 0) is 11.2 Å². The Morgan fingerprint density at radius 2 is 1.57 bits per heavy atom. The monoisotopic (exact) mass is 457 g/mol. The highest BCUT2D eigenvalue weighted by molar-refractivity contribution is 6.24. The summed E-state index contributed by atoms with van der Waals surface area (Å²) < 4.78 is 0. The number of rotatable bonds is 2. The van der Waals surface area contributed by atoms with E-state index in [0.29, 0.717) is 12.1 Å². The van der Waals surface area contributed by atoms with Crippen LogP contribution in [0.3, 0.4) is 0 Å². The van der Waals surface area contributed by atoms with Crippen molar-refractivity contribution >= 4 is 39.3 Å². The van der Waals surface area contributed by atoms with Crippen molar-refractivity contribution in [1.82, 2.24) is 9.88 Å². The number of nitrogens with one attached hydrogen (secondary N) is 1. The largest absolute Gasteiger partial charge is 0.356 e. The van der Waals surface area contributed by atoms with E-state index in [2.05, 4.69) is 36.2 Å². The molecule has 0 spiro atoms. The van der Waals surface area contributed by atoms with Gasteiger partial charge >= 0.3 is 6.03 Å². The van der Waals surface area contributed by atoms with Crippen molar-refractivity contribution in [3.05, 3.63) is 113 Å². The molecule has 0 saturated carbocycles. The summed E-state index contributed by atoms with van der Waals surface area (Å²) in [6.45, 7) is 2.05. The molecule has 1 aromatic heterocycles. The van der Waals surface area contributed by atoms with Crippen molar-refractivity contribution < 1.29 is 9.59 Å². The van der Waals surface area contributed by atoms with Crippen LogP contribution in [0, 0.1) is 6.92 Å². The van der Waals surface area contributed by atoms with Crippen LogP contribution in [0.5, 0.6) is 0 Å². The van der Waals surface area contributed by atoms with Gasteiger partial charge in [0.1, 0.15) is 12.1 Å². The number of amides is 3. The van der Waals surface area contributed by atoms with Crippen molar-refractivity contribution in [2.24, 2.45) is 0 Å². The standard InChI is InChI=1S/C30H23N3O2/c1-18-8-6-11-20(16-18)28-27-23(22-13-4-5-14-24(22)31-27)17-26-29(34)33(30(35)32(26)28)25-15-7-10-19-9-2-3-12-21(19)25/h2-16,26,28,31H,17H2,1H3. The molecule has 0 bridgehead atoms. The number of aromatic nitrogens is 1. The minimum Gasteiger partial charge on any atom is -0.356 e. The fraction of sp³-hybridized carbons (Fsp3) is 0.133. The number of aryl methyl sites for hydroxylation is 1. The Bertz CT molecular complexity index is 1660. The van der Waals surface area contributed by atoms with Gasteiger partial charge in [-0.2, -0.15) is 0 Å². The highest BCUT2D eigenvalue weighted by Gasteiger charge is 2.53. The second kappa shape index (κ2) is 7.31. The number of nitrogens with zero attached hydrogens (tertiary/aromatic N) is 2. The van der Waals surface area contributed by atoms with E-state index in [1.807, 2.05) is 66.7 Å². The van der Waals surface area contributed by atoms with Gasteiger partial charge in [0.05, 0.1) is 5.69 Å². The van der Waals surface area contributed by atoms with Crippen molar-refractivity contribution in [2.45, 2.75) is 25.4 Å². The van der Waals surface area contributed by atoms with E-state index >= 15 is 0 Å². The summed E-state index contributed by atoms with van der Waals surface area (Å²) >= 11 is 0. The molecular formula is C30H23N3O2. The second-order valence-electron chi connectivity index (χ2n) is 9.46. The summed E-state index contributed by atoms with van der Waals surface area (Å²) in [6.07, 6.45) is 0.494. The number of benzene rings is 4. The quantitative estimate of drug-likeness (QED) is 0.325. The summed E-state index contributed by atoms with van der Waals surface area (Å²) in [4.78, 5) is 34.8. The minimum absolute atomic E-state index is 0.167. The fourth-order valence-corrected chi connectivity index (χ4v) is 5.89. The maximum Gasteiger partial charge on any atom is 0.332 e. The zero-order valence-electron chi connectivity index (χ0n) is 19.2. The Hall–Kier alpha value is -4.38. The Morgan fingerprint density at radius 3 is 2.43 bits per heavy atom. The number of carbonyl (C=O) groups excluding carboxylic acids is 2. The van der Waals surface area contributed by atoms with Crippen molar-refractivity contribution in [2.75, 3.05) is 4.90 Å². The number of urea groups is 1. The van der Waals surface area contributed by atoms with Crippen molar-refractivity contribution in [3.8, 4) is 0 Å². The first kappa shape index (κ1) is 20.0. The first-order valence-electron chi connectivity index (χ1n) is 11.9. The molecule has 2 atom stereocenters. The van der Waals surface area contributed by atoms with Crippen LogP contribution in [0.4, 0.5) is 10.5 Å². The van der Waals surface area contributed by atoms with E-state index < -0.39 is 6.04 Å². The van der Waals surface area contributed by atoms with E-state index in [1.165, 1.54) is 4.90 Å². The van der Waals surface area contributed by atoms with Gasteiger partial charge < -0.3 is 4.98 Å². The van der Waals surface area contributed by atoms with E-state index in [1.54, 1.807) is 4.90 Å². The van der Waals surface area contributed by atoms with Gasteiger partial charge in [-0.25, -0.2) is 9.69 Å². The molecule has 5 aromatic rings. The topological polar surface area (TPSA) is 56.4 Å². The molecule has 2 unspecified atom stereocenters. The van der Waals surface area contributed by atoms with Gasteiger partial charge in [-0.05, 0) is 35.6 Å². The number of imide groups is 1. The number of carbonyl (C=O) groups is 2. The van der Waals surface area contributed by atoms with Crippen LogP contribution < -0.4 is 4.90 Å². The number of H-pyrrole nitrogens is 1. The van der Waals surface area contributed by atoms with Gasteiger partial charge in [0, 0.05) is 28.4 Å². The van der Waals surface area contributed by atoms with E-state index in [9.17, 15) is 9.59 Å². The Kier molecular flexibility index (Phi) is 4.18. The molecule has 170 valence electrons. The summed E-state index contributed by atoms with van der Waals surface area (Å²) in [6, 6.07) is 28.9. The first-order chi connectivity index (χ1) is 17.1. The maximum atomic E-state index is 14.1. The number of para-hydroxylation sites is 1. The molecule has 3 heterocycles. The lowest BCUT2D eigenvalue weighted by Crippen LogP contribution is -2.44. The third-order valence-electron chi connectivity index (χ3n) is 7.41. The van der Waals surface area contributed by atoms with Gasteiger partial charge in [0.2, 0.25) is 0 Å². The number of anilines is 1. The highest BCUT2D eigenvalue weighted by Crippen LogP contribution is 2.45. The van der Waals surface area contributed by atoms with Gasteiger partial charge in [-0.3, -0.25) is 9.69 Å². The van der Waals surface area contributed by atoms with Crippen LogP contribution >= 0.6 is 0 Å². The van der Waals surface area contributed by atoms with E-state index in [0.717, 1.165) is 44.1 Å². The van der Waals surface area contributed by atoms with Crippen LogP contribution in [0.1, 0.15) is 28.4 Å². The normalized spacial score (nSPS) is 19.5. The summed E-state index contributed by atoms with van der Waals surface area (Å²) in [5, 5.41) is 3.01. The lowest BCUT2D eigenvalue weighted by atomic mass is 9.88. The van der Waals surface area contributed by atoms with Gasteiger partial charge in [-0.1, -0.05) is 84.4 Å². The lowest BCUT2D eigenvalue weighted by molar-refractivity contribution is -0.120. The maximum absolute atomic E-state index is 14.1. The van der Waals surface area contributed by atoms with Crippen LogP contribution in [0.25, 0.3) is 21.7 Å². The number of hydrogen-bond acceptors (Lipinski definition) is 2. The molecule has 5 heteroatoms. The predicted octanol–water partition coefficient (Wildman–Crippen LogP) is 6.11. The molecule has 4 aromatic carbocycles. The number of fused-ring (bicyclic) bond motifs is 5. The molecule has 7 rings (SSSR count). The molecule has 0 aliphatic carbocycles. The Balaban J connectivity index is 1.44. The third kappa shape index (κ3) is 2.81. The summed E-state index contributed by atoms with van der Waals surface area (Å²) in [5.41, 5.74) is 5.91. The van der Waals surface area contributed by atoms with E-state index in [4.69, 9.17) is 0 Å². The Morgan fingerprint density at radius 1 is 0.829 bits per heavy atom. The summed E-state index contributed by atoms with van der Waals surface area (Å²) in [5.74, 6) is -0.167. The molecular weight excluding hydrogens is 434 g/mol. The lowest BCUT2D eigenvalue weighted by Gasteiger charge is -2.36. The average molecular weight is 458 g/mol. The number of aromatic amines is 1. The predicted molar refractivity (Wildman–Crippen MR) is 137 cm³/mol. The molecule has 5 nitrogen and oxygen atoms in total. The molecule has 35 heavy (non-hydrogen) atoms. The second-order valence-corrected chi connectivity index (χ2v) is 9.46. The van der Waals surface area contributed by atoms with Crippen LogP contribution in [-0.4, -0.2) is 27.9 Å². The fourth-order valence-electron chi connectivity index (χ4n) is 5.89. The molecule has 1 N–H and O–H groups in total. The van der Waals surface area contributed by atoms with Gasteiger partial charge in [0.15, 0.2) is 0 Å². The van der Waals surface area contributed by atoms with E-state index in [-0.39, 0.29) is 18.0 Å². The van der Waals surface area contributed by atoms with Gasteiger partial charge in [0.25, 0.3) is 5.91 Å². The Labute approximate surface area is 202 Å². The van der Waals surface area contributed by atoms with Gasteiger partial charge in [-0.15, -0.1) is 0 Å². The zero-order chi connectivity index (χ0) is 23.7. The smallest absolute Gasteiger partial charge is 0.332 e. The molecule has 0 radical (unpaired) electrons. The third-order valence-corrected chi connectivity index (χ3v) is 7.41. The molecule has 1 fully saturated rings. The van der Waals surface area contributed by atoms with Crippen LogP contribution in [0.15, 0.2) is 91.0 Å². The average Bonchev–Trinajstić information content (AvgIpc) is 3.37. The van der Waals surface area contributed by atoms with Crippen molar-refractivity contribution in [3.63, 3.8) is 0 Å².